The Labute approximate surface area is 120 Å². The van der Waals surface area contributed by atoms with Crippen molar-refractivity contribution in [2.24, 2.45) is 5.73 Å². The van der Waals surface area contributed by atoms with Gasteiger partial charge in [-0.25, -0.2) is 0 Å². The van der Waals surface area contributed by atoms with Gasteiger partial charge < -0.3 is 15.7 Å². The summed E-state index contributed by atoms with van der Waals surface area (Å²) < 4.78 is 0. The highest BCUT2D eigenvalue weighted by Crippen LogP contribution is 2.26. The van der Waals surface area contributed by atoms with Gasteiger partial charge in [-0.05, 0) is 24.1 Å². The molecule has 0 aromatic heterocycles. The minimum atomic E-state index is -0.0248. The summed E-state index contributed by atoms with van der Waals surface area (Å²) in [6.45, 7) is 3.47. The van der Waals surface area contributed by atoms with E-state index in [1.165, 1.54) is 5.56 Å². The van der Waals surface area contributed by atoms with Crippen LogP contribution in [0.2, 0.25) is 0 Å². The van der Waals surface area contributed by atoms with Gasteiger partial charge >= 0.3 is 0 Å². The van der Waals surface area contributed by atoms with Crippen molar-refractivity contribution >= 4 is 5.69 Å². The van der Waals surface area contributed by atoms with Crippen molar-refractivity contribution in [2.75, 3.05) is 18.1 Å². The van der Waals surface area contributed by atoms with E-state index in [9.17, 15) is 5.11 Å². The Bertz CT molecular complexity index is 526. The number of nitrogens with zero attached hydrogens (tertiary/aromatic N) is 1. The van der Waals surface area contributed by atoms with Crippen molar-refractivity contribution in [1.82, 2.24) is 0 Å². The Balaban J connectivity index is 2.29. The summed E-state index contributed by atoms with van der Waals surface area (Å²) in [5.41, 5.74) is 9.48. The van der Waals surface area contributed by atoms with Gasteiger partial charge in [-0.3, -0.25) is 0 Å². The van der Waals surface area contributed by atoms with Gasteiger partial charge in [0.15, 0.2) is 0 Å². The standard InChI is InChI=1S/C17H22N2O/c1-14(18)16-9-5-6-10-17(16)19(11-12-20)13-15-7-3-2-4-8-15/h2-10,14,20H,11-13,18H2,1H3. The number of aliphatic hydroxyl groups is 1. The van der Waals surface area contributed by atoms with E-state index in [4.69, 9.17) is 5.73 Å². The van der Waals surface area contributed by atoms with Crippen LogP contribution >= 0.6 is 0 Å². The molecular formula is C17H22N2O. The Morgan fingerprint density at radius 3 is 2.35 bits per heavy atom. The molecule has 0 fully saturated rings. The number of rotatable bonds is 6. The van der Waals surface area contributed by atoms with E-state index >= 15 is 0 Å². The van der Waals surface area contributed by atoms with E-state index in [-0.39, 0.29) is 12.6 Å². The number of nitrogens with two attached hydrogens (primary N) is 1. The molecule has 0 saturated heterocycles. The molecule has 0 spiro atoms. The van der Waals surface area contributed by atoms with Crippen molar-refractivity contribution in [2.45, 2.75) is 19.5 Å². The largest absolute Gasteiger partial charge is 0.395 e. The van der Waals surface area contributed by atoms with Crippen LogP contribution in [0.1, 0.15) is 24.1 Å². The fraction of sp³-hybridized carbons (Fsp3) is 0.294. The highest BCUT2D eigenvalue weighted by atomic mass is 16.3. The van der Waals surface area contributed by atoms with Gasteiger partial charge in [-0.1, -0.05) is 48.5 Å². The summed E-state index contributed by atoms with van der Waals surface area (Å²) in [7, 11) is 0. The first-order valence-corrected chi connectivity index (χ1v) is 6.96. The van der Waals surface area contributed by atoms with Gasteiger partial charge in [-0.15, -0.1) is 0 Å². The Kier molecular flexibility index (Phi) is 5.16. The SMILES string of the molecule is CC(N)c1ccccc1N(CCO)Cc1ccccc1. The molecule has 20 heavy (non-hydrogen) atoms. The van der Waals surface area contributed by atoms with E-state index < -0.39 is 0 Å². The normalized spacial score (nSPS) is 12.2. The first-order valence-electron chi connectivity index (χ1n) is 6.96. The lowest BCUT2D eigenvalue weighted by atomic mass is 10.1. The summed E-state index contributed by atoms with van der Waals surface area (Å²) in [5, 5.41) is 9.33. The van der Waals surface area contributed by atoms with Crippen LogP contribution in [0, 0.1) is 0 Å². The number of hydrogen-bond donors (Lipinski definition) is 2. The summed E-state index contributed by atoms with van der Waals surface area (Å²) in [6, 6.07) is 18.4. The number of para-hydroxylation sites is 1. The minimum absolute atomic E-state index is 0.0248. The summed E-state index contributed by atoms with van der Waals surface area (Å²) in [5.74, 6) is 0. The van der Waals surface area contributed by atoms with E-state index in [1.54, 1.807) is 0 Å². The van der Waals surface area contributed by atoms with E-state index in [2.05, 4.69) is 29.2 Å². The highest BCUT2D eigenvalue weighted by Gasteiger charge is 2.13. The van der Waals surface area contributed by atoms with Gasteiger partial charge in [-0.2, -0.15) is 0 Å². The second kappa shape index (κ2) is 7.08. The quantitative estimate of drug-likeness (QED) is 0.848. The summed E-state index contributed by atoms with van der Waals surface area (Å²) in [4.78, 5) is 2.17. The number of anilines is 1. The van der Waals surface area contributed by atoms with Crippen LogP contribution in [-0.4, -0.2) is 18.3 Å². The van der Waals surface area contributed by atoms with Crippen molar-refractivity contribution in [1.29, 1.82) is 0 Å². The molecule has 3 N–H and O–H groups in total. The monoisotopic (exact) mass is 270 g/mol. The van der Waals surface area contributed by atoms with E-state index in [1.807, 2.05) is 37.3 Å². The summed E-state index contributed by atoms with van der Waals surface area (Å²) in [6.07, 6.45) is 0. The lowest BCUT2D eigenvalue weighted by Gasteiger charge is -2.27. The molecule has 0 saturated carbocycles. The molecular weight excluding hydrogens is 248 g/mol. The van der Waals surface area contributed by atoms with Gasteiger partial charge in [0.2, 0.25) is 0 Å². The van der Waals surface area contributed by atoms with Crippen molar-refractivity contribution in [3.8, 4) is 0 Å². The maximum absolute atomic E-state index is 9.33. The topological polar surface area (TPSA) is 49.5 Å². The zero-order chi connectivity index (χ0) is 14.4. The van der Waals surface area contributed by atoms with Crippen LogP contribution in [-0.2, 0) is 6.54 Å². The first-order chi connectivity index (χ1) is 9.72. The Hall–Kier alpha value is -1.84. The maximum Gasteiger partial charge on any atom is 0.0606 e. The van der Waals surface area contributed by atoms with Crippen LogP contribution in [0.5, 0.6) is 0 Å². The lowest BCUT2D eigenvalue weighted by molar-refractivity contribution is 0.301. The molecule has 2 aromatic rings. The molecule has 0 bridgehead atoms. The predicted molar refractivity (Wildman–Crippen MR) is 83.6 cm³/mol. The average molecular weight is 270 g/mol. The second-order valence-electron chi connectivity index (χ2n) is 4.98. The third-order valence-electron chi connectivity index (χ3n) is 3.35. The van der Waals surface area contributed by atoms with Crippen LogP contribution in [0.25, 0.3) is 0 Å². The van der Waals surface area contributed by atoms with Crippen LogP contribution in [0.4, 0.5) is 5.69 Å². The van der Waals surface area contributed by atoms with Gasteiger partial charge in [0.1, 0.15) is 0 Å². The van der Waals surface area contributed by atoms with Crippen LogP contribution < -0.4 is 10.6 Å². The molecule has 2 aromatic carbocycles. The number of aliphatic hydroxyl groups excluding tert-OH is 1. The molecule has 0 heterocycles. The maximum atomic E-state index is 9.33. The molecule has 3 heteroatoms. The van der Waals surface area contributed by atoms with Gasteiger partial charge in [0.05, 0.1) is 6.61 Å². The minimum Gasteiger partial charge on any atom is -0.395 e. The Morgan fingerprint density at radius 2 is 1.70 bits per heavy atom. The molecule has 1 unspecified atom stereocenters. The molecule has 0 amide bonds. The van der Waals surface area contributed by atoms with Crippen molar-refractivity contribution in [3.05, 3.63) is 65.7 Å². The van der Waals surface area contributed by atoms with Crippen LogP contribution in [0.3, 0.4) is 0 Å². The van der Waals surface area contributed by atoms with Crippen molar-refractivity contribution in [3.63, 3.8) is 0 Å². The van der Waals surface area contributed by atoms with Crippen molar-refractivity contribution < 1.29 is 5.11 Å². The van der Waals surface area contributed by atoms with E-state index in [0.29, 0.717) is 6.54 Å². The third kappa shape index (κ3) is 3.59. The lowest BCUT2D eigenvalue weighted by Crippen LogP contribution is -2.28. The average Bonchev–Trinajstić information content (AvgIpc) is 2.48. The molecule has 0 aliphatic carbocycles. The number of benzene rings is 2. The second-order valence-corrected chi connectivity index (χ2v) is 4.98. The molecule has 0 radical (unpaired) electrons. The molecule has 106 valence electrons. The van der Waals surface area contributed by atoms with Gasteiger partial charge in [0, 0.05) is 24.8 Å². The smallest absolute Gasteiger partial charge is 0.0606 e. The van der Waals surface area contributed by atoms with Gasteiger partial charge in [0.25, 0.3) is 0 Å². The number of hydrogen-bond acceptors (Lipinski definition) is 3. The molecule has 3 nitrogen and oxygen atoms in total. The fourth-order valence-corrected chi connectivity index (χ4v) is 2.37. The van der Waals surface area contributed by atoms with E-state index in [0.717, 1.165) is 17.8 Å². The zero-order valence-corrected chi connectivity index (χ0v) is 11.9. The molecule has 2 rings (SSSR count). The molecule has 1 atom stereocenters. The zero-order valence-electron chi connectivity index (χ0n) is 11.9. The third-order valence-corrected chi connectivity index (χ3v) is 3.35. The molecule has 0 aliphatic heterocycles. The highest BCUT2D eigenvalue weighted by molar-refractivity contribution is 5.55. The Morgan fingerprint density at radius 1 is 1.05 bits per heavy atom. The fourth-order valence-electron chi connectivity index (χ4n) is 2.37. The van der Waals surface area contributed by atoms with Crippen LogP contribution in [0.15, 0.2) is 54.6 Å². The summed E-state index contributed by atoms with van der Waals surface area (Å²) >= 11 is 0. The molecule has 0 aliphatic rings. The predicted octanol–water partition coefficient (Wildman–Crippen LogP) is 2.71. The first kappa shape index (κ1) is 14.6.